The predicted molar refractivity (Wildman–Crippen MR) is 130 cm³/mol. The standard InChI is InChI=1S/C28H32N2O3/c1-4-18-29(28(32)26(5-2)24-14-10-7-11-15-24)21-27(31)30(19-23-12-8-6-9-13-23)20-25-17-16-22(3)33-25/h4,6-17,26H,1,5,18-21H2,2-3H3. The lowest BCUT2D eigenvalue weighted by Gasteiger charge is -2.29. The molecule has 3 aromatic rings. The Labute approximate surface area is 196 Å². The molecule has 2 aromatic carbocycles. The number of carbonyl (C=O) groups excluding carboxylic acids is 2. The van der Waals surface area contributed by atoms with Crippen LogP contribution in [0.3, 0.4) is 0 Å². The van der Waals surface area contributed by atoms with E-state index in [0.717, 1.165) is 16.9 Å². The lowest BCUT2D eigenvalue weighted by molar-refractivity contribution is -0.141. The van der Waals surface area contributed by atoms with Gasteiger partial charge in [-0.25, -0.2) is 0 Å². The predicted octanol–water partition coefficient (Wildman–Crippen LogP) is 5.33. The molecular weight excluding hydrogens is 412 g/mol. The lowest BCUT2D eigenvalue weighted by Crippen LogP contribution is -2.44. The molecular formula is C28H32N2O3. The van der Waals surface area contributed by atoms with E-state index in [1.165, 1.54) is 0 Å². The molecule has 33 heavy (non-hydrogen) atoms. The highest BCUT2D eigenvalue weighted by Gasteiger charge is 2.27. The van der Waals surface area contributed by atoms with Gasteiger partial charge in [0.2, 0.25) is 11.8 Å². The van der Waals surface area contributed by atoms with Crippen LogP contribution >= 0.6 is 0 Å². The summed E-state index contributed by atoms with van der Waals surface area (Å²) in [6, 6.07) is 23.3. The molecule has 1 aromatic heterocycles. The smallest absolute Gasteiger partial charge is 0.242 e. The summed E-state index contributed by atoms with van der Waals surface area (Å²) in [5, 5.41) is 0. The monoisotopic (exact) mass is 444 g/mol. The average Bonchev–Trinajstić information content (AvgIpc) is 3.24. The number of hydrogen-bond acceptors (Lipinski definition) is 3. The minimum atomic E-state index is -0.297. The van der Waals surface area contributed by atoms with E-state index in [1.807, 2.05) is 86.6 Å². The molecule has 5 heteroatoms. The van der Waals surface area contributed by atoms with Gasteiger partial charge in [0.15, 0.2) is 0 Å². The van der Waals surface area contributed by atoms with Crippen molar-refractivity contribution in [2.45, 2.75) is 39.3 Å². The van der Waals surface area contributed by atoms with Crippen molar-refractivity contribution in [1.82, 2.24) is 9.80 Å². The van der Waals surface area contributed by atoms with Crippen molar-refractivity contribution in [3.63, 3.8) is 0 Å². The van der Waals surface area contributed by atoms with E-state index in [2.05, 4.69) is 6.58 Å². The fourth-order valence-corrected chi connectivity index (χ4v) is 3.90. The summed E-state index contributed by atoms with van der Waals surface area (Å²) in [7, 11) is 0. The minimum Gasteiger partial charge on any atom is -0.464 e. The van der Waals surface area contributed by atoms with Crippen LogP contribution in [-0.2, 0) is 22.7 Å². The zero-order valence-electron chi connectivity index (χ0n) is 19.4. The van der Waals surface area contributed by atoms with Crippen LogP contribution in [0.2, 0.25) is 0 Å². The van der Waals surface area contributed by atoms with Gasteiger partial charge in [0, 0.05) is 13.1 Å². The SMILES string of the molecule is C=CCN(CC(=O)N(Cc1ccccc1)Cc1ccc(C)o1)C(=O)C(CC)c1ccccc1. The van der Waals surface area contributed by atoms with E-state index in [1.54, 1.807) is 15.9 Å². The number of nitrogens with zero attached hydrogens (tertiary/aromatic N) is 2. The Kier molecular flexibility index (Phi) is 8.64. The van der Waals surface area contributed by atoms with E-state index >= 15 is 0 Å². The van der Waals surface area contributed by atoms with E-state index < -0.39 is 0 Å². The Morgan fingerprint density at radius 3 is 2.18 bits per heavy atom. The van der Waals surface area contributed by atoms with Gasteiger partial charge in [0.25, 0.3) is 0 Å². The van der Waals surface area contributed by atoms with Crippen molar-refractivity contribution in [2.75, 3.05) is 13.1 Å². The largest absolute Gasteiger partial charge is 0.464 e. The molecule has 0 saturated carbocycles. The number of carbonyl (C=O) groups is 2. The van der Waals surface area contributed by atoms with E-state index in [-0.39, 0.29) is 24.3 Å². The van der Waals surface area contributed by atoms with Crippen molar-refractivity contribution >= 4 is 11.8 Å². The summed E-state index contributed by atoms with van der Waals surface area (Å²) >= 11 is 0. The van der Waals surface area contributed by atoms with Crippen LogP contribution in [-0.4, -0.2) is 34.7 Å². The van der Waals surface area contributed by atoms with Gasteiger partial charge in [-0.2, -0.15) is 0 Å². The summed E-state index contributed by atoms with van der Waals surface area (Å²) in [5.74, 6) is 1.02. The zero-order chi connectivity index (χ0) is 23.6. The molecule has 172 valence electrons. The van der Waals surface area contributed by atoms with Gasteiger partial charge in [0.05, 0.1) is 12.5 Å². The molecule has 2 amide bonds. The number of amides is 2. The van der Waals surface area contributed by atoms with Gasteiger partial charge in [-0.1, -0.05) is 73.7 Å². The van der Waals surface area contributed by atoms with E-state index in [9.17, 15) is 9.59 Å². The second-order valence-corrected chi connectivity index (χ2v) is 8.13. The van der Waals surface area contributed by atoms with Gasteiger partial charge in [-0.3, -0.25) is 9.59 Å². The van der Waals surface area contributed by atoms with Gasteiger partial charge in [-0.15, -0.1) is 6.58 Å². The van der Waals surface area contributed by atoms with Crippen LogP contribution in [0.5, 0.6) is 0 Å². The molecule has 3 rings (SSSR count). The molecule has 1 heterocycles. The fourth-order valence-electron chi connectivity index (χ4n) is 3.90. The molecule has 0 aliphatic rings. The number of benzene rings is 2. The highest BCUT2D eigenvalue weighted by molar-refractivity contribution is 5.88. The highest BCUT2D eigenvalue weighted by atomic mass is 16.3. The van der Waals surface area contributed by atoms with Crippen LogP contribution in [0.15, 0.2) is 89.9 Å². The lowest BCUT2D eigenvalue weighted by atomic mass is 9.95. The first-order valence-electron chi connectivity index (χ1n) is 11.3. The zero-order valence-corrected chi connectivity index (χ0v) is 19.4. The van der Waals surface area contributed by atoms with Crippen molar-refractivity contribution in [2.24, 2.45) is 0 Å². The number of hydrogen-bond donors (Lipinski definition) is 0. The molecule has 0 aliphatic carbocycles. The Balaban J connectivity index is 1.80. The molecule has 0 aliphatic heterocycles. The first-order valence-corrected chi connectivity index (χ1v) is 11.3. The average molecular weight is 445 g/mol. The number of furan rings is 1. The summed E-state index contributed by atoms with van der Waals surface area (Å²) in [6.45, 7) is 8.74. The quantitative estimate of drug-likeness (QED) is 0.376. The second kappa shape index (κ2) is 11.9. The number of rotatable bonds is 11. The maximum absolute atomic E-state index is 13.5. The summed E-state index contributed by atoms with van der Waals surface area (Å²) < 4.78 is 5.72. The van der Waals surface area contributed by atoms with Crippen LogP contribution in [0.25, 0.3) is 0 Å². The maximum atomic E-state index is 13.5. The first kappa shape index (κ1) is 24.1. The molecule has 0 saturated heterocycles. The third-order valence-electron chi connectivity index (χ3n) is 5.61. The maximum Gasteiger partial charge on any atom is 0.242 e. The second-order valence-electron chi connectivity index (χ2n) is 8.13. The molecule has 0 radical (unpaired) electrons. The van der Waals surface area contributed by atoms with Crippen LogP contribution in [0.1, 0.15) is 41.9 Å². The van der Waals surface area contributed by atoms with Gasteiger partial charge in [-0.05, 0) is 36.6 Å². The van der Waals surface area contributed by atoms with E-state index in [4.69, 9.17) is 4.42 Å². The molecule has 0 spiro atoms. The third-order valence-corrected chi connectivity index (χ3v) is 5.61. The summed E-state index contributed by atoms with van der Waals surface area (Å²) in [5.41, 5.74) is 1.98. The van der Waals surface area contributed by atoms with Crippen LogP contribution in [0, 0.1) is 6.92 Å². The third kappa shape index (κ3) is 6.69. The minimum absolute atomic E-state index is 0.0132. The van der Waals surface area contributed by atoms with Crippen molar-refractivity contribution in [3.05, 3.63) is 108 Å². The molecule has 0 N–H and O–H groups in total. The summed E-state index contributed by atoms with van der Waals surface area (Å²) in [6.07, 6.45) is 2.32. The normalized spacial score (nSPS) is 11.6. The Morgan fingerprint density at radius 2 is 1.61 bits per heavy atom. The van der Waals surface area contributed by atoms with Crippen LogP contribution < -0.4 is 0 Å². The van der Waals surface area contributed by atoms with Crippen LogP contribution in [0.4, 0.5) is 0 Å². The molecule has 1 atom stereocenters. The van der Waals surface area contributed by atoms with E-state index in [0.29, 0.717) is 31.8 Å². The molecule has 0 bridgehead atoms. The Morgan fingerprint density at radius 1 is 0.939 bits per heavy atom. The Hall–Kier alpha value is -3.60. The van der Waals surface area contributed by atoms with Crippen molar-refractivity contribution in [3.8, 4) is 0 Å². The summed E-state index contributed by atoms with van der Waals surface area (Å²) in [4.78, 5) is 30.2. The highest BCUT2D eigenvalue weighted by Crippen LogP contribution is 2.22. The van der Waals surface area contributed by atoms with Gasteiger partial charge < -0.3 is 14.2 Å². The van der Waals surface area contributed by atoms with Gasteiger partial charge >= 0.3 is 0 Å². The van der Waals surface area contributed by atoms with Crippen molar-refractivity contribution in [1.29, 1.82) is 0 Å². The Bertz CT molecular complexity index is 1040. The number of aryl methyl sites for hydroxylation is 1. The molecule has 1 unspecified atom stereocenters. The first-order chi connectivity index (χ1) is 16.0. The molecule has 0 fully saturated rings. The topological polar surface area (TPSA) is 53.8 Å². The molecule has 5 nitrogen and oxygen atoms in total. The van der Waals surface area contributed by atoms with Crippen molar-refractivity contribution < 1.29 is 14.0 Å². The van der Waals surface area contributed by atoms with Gasteiger partial charge in [0.1, 0.15) is 18.1 Å². The fraction of sp³-hybridized carbons (Fsp3) is 0.286.